The summed E-state index contributed by atoms with van der Waals surface area (Å²) in [7, 11) is 0. The molecule has 0 N–H and O–H groups in total. The normalized spacial score (nSPS) is 11.6. The van der Waals surface area contributed by atoms with Crippen molar-refractivity contribution in [3.8, 4) is 0 Å². The molecule has 7 heteroatoms. The number of rotatable bonds is 2. The molecule has 0 unspecified atom stereocenters. The van der Waals surface area contributed by atoms with Crippen molar-refractivity contribution in [2.24, 2.45) is 0 Å². The molecule has 0 amide bonds. The second kappa shape index (κ2) is 4.49. The maximum atomic E-state index is 12.7. The Bertz CT molecular complexity index is 592. The van der Waals surface area contributed by atoms with E-state index >= 15 is 0 Å². The molecule has 3 nitrogen and oxygen atoms in total. The van der Waals surface area contributed by atoms with Crippen molar-refractivity contribution in [1.82, 2.24) is 9.97 Å². The van der Waals surface area contributed by atoms with Gasteiger partial charge in [-0.1, -0.05) is 0 Å². The third-order valence-electron chi connectivity index (χ3n) is 2.22. The van der Waals surface area contributed by atoms with E-state index in [1.807, 2.05) is 0 Å². The topological polar surface area (TPSA) is 42.9 Å². The predicted molar refractivity (Wildman–Crippen MR) is 59.5 cm³/mol. The van der Waals surface area contributed by atoms with E-state index in [1.165, 1.54) is 16.7 Å². The number of aromatic nitrogens is 2. The number of carbonyl (C=O) groups excluding carboxylic acids is 1. The van der Waals surface area contributed by atoms with Gasteiger partial charge in [0.1, 0.15) is 5.69 Å². The highest BCUT2D eigenvalue weighted by atomic mass is 32.1. The quantitative estimate of drug-likeness (QED) is 0.789. The molecule has 0 saturated carbocycles. The van der Waals surface area contributed by atoms with Crippen LogP contribution in [0.4, 0.5) is 13.2 Å². The van der Waals surface area contributed by atoms with Crippen LogP contribution in [-0.2, 0) is 6.18 Å². The molecular formula is C11H7F3N2OS. The van der Waals surface area contributed by atoms with Crippen LogP contribution >= 0.6 is 11.3 Å². The Kier molecular flexibility index (Phi) is 3.16. The van der Waals surface area contributed by atoms with Gasteiger partial charge in [0.2, 0.25) is 5.78 Å². The molecule has 0 fully saturated rings. The monoisotopic (exact) mass is 272 g/mol. The molecule has 0 aliphatic carbocycles. The van der Waals surface area contributed by atoms with E-state index in [9.17, 15) is 18.0 Å². The number of hydrogen-bond acceptors (Lipinski definition) is 4. The minimum atomic E-state index is -4.58. The second-order valence-corrected chi connectivity index (χ2v) is 4.56. The van der Waals surface area contributed by atoms with Crippen LogP contribution in [-0.4, -0.2) is 15.8 Å². The van der Waals surface area contributed by atoms with E-state index in [1.54, 1.807) is 6.92 Å². The molecule has 0 radical (unpaired) electrons. The molecule has 0 atom stereocenters. The Balaban J connectivity index is 2.49. The van der Waals surface area contributed by atoms with E-state index in [0.29, 0.717) is 5.01 Å². The van der Waals surface area contributed by atoms with E-state index in [2.05, 4.69) is 9.97 Å². The molecule has 0 aliphatic heterocycles. The lowest BCUT2D eigenvalue weighted by Crippen LogP contribution is -2.14. The van der Waals surface area contributed by atoms with Crippen molar-refractivity contribution in [3.05, 3.63) is 45.7 Å². The molecule has 18 heavy (non-hydrogen) atoms. The molecule has 0 spiro atoms. The largest absolute Gasteiger partial charge is 0.417 e. The van der Waals surface area contributed by atoms with Crippen LogP contribution in [0.5, 0.6) is 0 Å². The summed E-state index contributed by atoms with van der Waals surface area (Å²) in [4.78, 5) is 19.4. The summed E-state index contributed by atoms with van der Waals surface area (Å²) in [6.07, 6.45) is -2.66. The molecule has 94 valence electrons. The van der Waals surface area contributed by atoms with Crippen LogP contribution in [0.3, 0.4) is 0 Å². The highest BCUT2D eigenvalue weighted by molar-refractivity contribution is 7.09. The Morgan fingerprint density at radius 3 is 2.67 bits per heavy atom. The average molecular weight is 272 g/mol. The lowest BCUT2D eigenvalue weighted by Gasteiger charge is -2.10. The lowest BCUT2D eigenvalue weighted by atomic mass is 10.0. The van der Waals surface area contributed by atoms with Crippen molar-refractivity contribution in [1.29, 1.82) is 0 Å². The van der Waals surface area contributed by atoms with Crippen molar-refractivity contribution in [2.45, 2.75) is 13.1 Å². The number of aryl methyl sites for hydroxylation is 1. The number of hydrogen-bond donors (Lipinski definition) is 0. The van der Waals surface area contributed by atoms with E-state index in [4.69, 9.17) is 0 Å². The van der Waals surface area contributed by atoms with Crippen LogP contribution in [0.2, 0.25) is 0 Å². The van der Waals surface area contributed by atoms with Gasteiger partial charge < -0.3 is 0 Å². The minimum Gasteiger partial charge on any atom is -0.287 e. The molecule has 2 aromatic rings. The zero-order valence-electron chi connectivity index (χ0n) is 9.15. The van der Waals surface area contributed by atoms with Gasteiger partial charge in [0.15, 0.2) is 0 Å². The highest BCUT2D eigenvalue weighted by Gasteiger charge is 2.35. The fourth-order valence-corrected chi connectivity index (χ4v) is 2.02. The minimum absolute atomic E-state index is 0.0102. The molecule has 0 saturated heterocycles. The van der Waals surface area contributed by atoms with Crippen LogP contribution in [0.1, 0.15) is 26.6 Å². The van der Waals surface area contributed by atoms with Crippen LogP contribution in [0.25, 0.3) is 0 Å². The van der Waals surface area contributed by atoms with Gasteiger partial charge in [0.25, 0.3) is 0 Å². The summed E-state index contributed by atoms with van der Waals surface area (Å²) in [5, 5.41) is 2.06. The molecule has 2 aromatic heterocycles. The number of halogens is 3. The Morgan fingerprint density at radius 1 is 1.39 bits per heavy atom. The number of pyridine rings is 1. The van der Waals surface area contributed by atoms with Crippen LogP contribution in [0, 0.1) is 6.92 Å². The van der Waals surface area contributed by atoms with Gasteiger partial charge in [-0.25, -0.2) is 4.98 Å². The first-order valence-electron chi connectivity index (χ1n) is 4.87. The summed E-state index contributed by atoms with van der Waals surface area (Å²) in [6, 6.07) is 0.784. The summed E-state index contributed by atoms with van der Waals surface area (Å²) >= 11 is 1.21. The van der Waals surface area contributed by atoms with E-state index in [0.717, 1.165) is 18.5 Å². The van der Waals surface area contributed by atoms with Gasteiger partial charge in [0.05, 0.1) is 16.1 Å². The van der Waals surface area contributed by atoms with Gasteiger partial charge in [0, 0.05) is 17.8 Å². The SMILES string of the molecule is Cc1nc(C(=O)c2cnccc2C(F)(F)F)cs1. The number of ketones is 1. The molecule has 0 bridgehead atoms. The van der Waals surface area contributed by atoms with Crippen LogP contribution < -0.4 is 0 Å². The smallest absolute Gasteiger partial charge is 0.287 e. The first-order valence-corrected chi connectivity index (χ1v) is 5.75. The molecular weight excluding hydrogens is 265 g/mol. The Morgan fingerprint density at radius 2 is 2.11 bits per heavy atom. The fraction of sp³-hybridized carbons (Fsp3) is 0.182. The molecule has 0 aromatic carbocycles. The summed E-state index contributed by atoms with van der Waals surface area (Å²) in [5.41, 5.74) is -1.46. The van der Waals surface area contributed by atoms with Crippen molar-refractivity contribution in [3.63, 3.8) is 0 Å². The van der Waals surface area contributed by atoms with Crippen molar-refractivity contribution < 1.29 is 18.0 Å². The second-order valence-electron chi connectivity index (χ2n) is 3.50. The number of thiazole rings is 1. The summed E-state index contributed by atoms with van der Waals surface area (Å²) in [6.45, 7) is 1.68. The van der Waals surface area contributed by atoms with Gasteiger partial charge >= 0.3 is 6.18 Å². The average Bonchev–Trinajstić information content (AvgIpc) is 2.74. The maximum absolute atomic E-state index is 12.7. The number of carbonyl (C=O) groups is 1. The van der Waals surface area contributed by atoms with E-state index in [-0.39, 0.29) is 5.69 Å². The van der Waals surface area contributed by atoms with Gasteiger partial charge in [-0.3, -0.25) is 9.78 Å². The van der Waals surface area contributed by atoms with Gasteiger partial charge in [-0.15, -0.1) is 11.3 Å². The standard InChI is InChI=1S/C11H7F3N2OS/c1-6-16-9(5-18-6)10(17)7-4-15-3-2-8(7)11(12,13)14/h2-5H,1H3. The zero-order chi connectivity index (χ0) is 13.3. The lowest BCUT2D eigenvalue weighted by molar-refractivity contribution is -0.137. The highest BCUT2D eigenvalue weighted by Crippen LogP contribution is 2.32. The number of nitrogens with zero attached hydrogens (tertiary/aromatic N) is 2. The van der Waals surface area contributed by atoms with Gasteiger partial charge in [-0.2, -0.15) is 13.2 Å². The fourth-order valence-electron chi connectivity index (χ4n) is 1.43. The van der Waals surface area contributed by atoms with Crippen molar-refractivity contribution in [2.75, 3.05) is 0 Å². The molecule has 2 heterocycles. The number of alkyl halides is 3. The maximum Gasteiger partial charge on any atom is 0.417 e. The van der Waals surface area contributed by atoms with Gasteiger partial charge in [-0.05, 0) is 13.0 Å². The Labute approximate surface area is 104 Å². The third kappa shape index (κ3) is 2.40. The molecule has 2 rings (SSSR count). The molecule has 0 aliphatic rings. The van der Waals surface area contributed by atoms with Crippen molar-refractivity contribution >= 4 is 17.1 Å². The van der Waals surface area contributed by atoms with E-state index < -0.39 is 23.1 Å². The van der Waals surface area contributed by atoms with Crippen LogP contribution in [0.15, 0.2) is 23.8 Å². The zero-order valence-corrected chi connectivity index (χ0v) is 9.97. The third-order valence-corrected chi connectivity index (χ3v) is 3.00. The Hall–Kier alpha value is -1.76. The first-order chi connectivity index (χ1) is 8.39. The summed E-state index contributed by atoms with van der Waals surface area (Å²) in [5.74, 6) is -0.764. The first kappa shape index (κ1) is 12.7. The summed E-state index contributed by atoms with van der Waals surface area (Å²) < 4.78 is 38.2. The predicted octanol–water partition coefficient (Wildman–Crippen LogP) is 3.10.